The molecule has 0 aromatic carbocycles. The summed E-state index contributed by atoms with van der Waals surface area (Å²) < 4.78 is 30.6. The summed E-state index contributed by atoms with van der Waals surface area (Å²) in [6.07, 6.45) is 66.0. The van der Waals surface area contributed by atoms with E-state index >= 15 is 0 Å². The highest BCUT2D eigenvalue weighted by Crippen LogP contribution is 2.43. The highest BCUT2D eigenvalue weighted by molar-refractivity contribution is 7.47. The van der Waals surface area contributed by atoms with Crippen LogP contribution in [0.15, 0.2) is 36.5 Å². The Hall–Kier alpha value is -1.77. The highest BCUT2D eigenvalue weighted by Gasteiger charge is 2.30. The van der Waals surface area contributed by atoms with Gasteiger partial charge < -0.3 is 19.4 Å². The number of ether oxygens (including phenoxy) is 1. The fourth-order valence-corrected chi connectivity index (χ4v) is 10.1. The highest BCUT2D eigenvalue weighted by atomic mass is 31.2. The minimum atomic E-state index is -4.45. The van der Waals surface area contributed by atoms with Crippen LogP contribution in [0.4, 0.5) is 0 Å². The second kappa shape index (κ2) is 54.6. The number of unbranched alkanes of at least 4 members (excludes halogenated alkanes) is 38. The number of esters is 1. The molecule has 1 amide bonds. The number of likely N-dealkylation sites (N-methyl/N-ethyl adjacent to an activating group) is 1. The number of phosphoric ester groups is 1. The predicted molar refractivity (Wildman–Crippen MR) is 319 cm³/mol. The zero-order valence-electron chi connectivity index (χ0n) is 49.9. The average molecular weight is 1060 g/mol. The van der Waals surface area contributed by atoms with Crippen LogP contribution in [0.1, 0.15) is 310 Å². The summed E-state index contributed by atoms with van der Waals surface area (Å²) in [5.74, 6) is -0.570. The maximum Gasteiger partial charge on any atom is 0.472 e. The molecule has 0 bridgehead atoms. The summed E-state index contributed by atoms with van der Waals surface area (Å²) in [4.78, 5) is 37.6. The van der Waals surface area contributed by atoms with Crippen LogP contribution in [0.3, 0.4) is 0 Å². The molecule has 3 unspecified atom stereocenters. The van der Waals surface area contributed by atoms with Crippen molar-refractivity contribution in [2.24, 2.45) is 0 Å². The van der Waals surface area contributed by atoms with Crippen molar-refractivity contribution in [2.75, 3.05) is 40.9 Å². The summed E-state index contributed by atoms with van der Waals surface area (Å²) in [7, 11) is 1.48. The first-order chi connectivity index (χ1) is 35.9. The molecule has 10 heteroatoms. The third kappa shape index (κ3) is 55.0. The van der Waals surface area contributed by atoms with Crippen LogP contribution in [0.2, 0.25) is 0 Å². The van der Waals surface area contributed by atoms with Crippen molar-refractivity contribution in [3.8, 4) is 0 Å². The number of nitrogens with zero attached hydrogens (tertiary/aromatic N) is 1. The van der Waals surface area contributed by atoms with E-state index < -0.39 is 20.0 Å². The SMILES string of the molecule is CCCCCCCC/C=C\C/C=C/CCC(=O)OC(/C=C\CCCCCCCCCCCC)C(COP(=O)(O)OCC[N+](C)(C)C)NC(=O)CCCCCCCCCCCCCCCCCCCCCCCCC. The van der Waals surface area contributed by atoms with Gasteiger partial charge in [-0.1, -0.05) is 282 Å². The van der Waals surface area contributed by atoms with E-state index in [9.17, 15) is 19.0 Å². The van der Waals surface area contributed by atoms with Gasteiger partial charge in [0.15, 0.2) is 0 Å². The number of rotatable bonds is 58. The molecule has 436 valence electrons. The summed E-state index contributed by atoms with van der Waals surface area (Å²) in [5, 5.41) is 3.05. The second-order valence-electron chi connectivity index (χ2n) is 22.9. The van der Waals surface area contributed by atoms with Gasteiger partial charge in [-0.3, -0.25) is 18.6 Å². The number of hydrogen-bond acceptors (Lipinski definition) is 6. The van der Waals surface area contributed by atoms with Crippen molar-refractivity contribution >= 4 is 19.7 Å². The molecule has 0 aromatic heterocycles. The second-order valence-corrected chi connectivity index (χ2v) is 24.4. The minimum absolute atomic E-state index is 0.0352. The van der Waals surface area contributed by atoms with Gasteiger partial charge >= 0.3 is 13.8 Å². The minimum Gasteiger partial charge on any atom is -0.456 e. The third-order valence-corrected chi connectivity index (χ3v) is 15.3. The number of carbonyl (C=O) groups excluding carboxylic acids is 2. The van der Waals surface area contributed by atoms with E-state index in [1.165, 1.54) is 218 Å². The van der Waals surface area contributed by atoms with Crippen molar-refractivity contribution in [3.05, 3.63) is 36.5 Å². The van der Waals surface area contributed by atoms with Gasteiger partial charge in [0, 0.05) is 12.8 Å². The van der Waals surface area contributed by atoms with Gasteiger partial charge in [0.2, 0.25) is 5.91 Å². The first-order valence-electron chi connectivity index (χ1n) is 31.8. The van der Waals surface area contributed by atoms with Crippen molar-refractivity contribution in [3.63, 3.8) is 0 Å². The Bertz CT molecular complexity index is 1360. The average Bonchev–Trinajstić information content (AvgIpc) is 3.36. The largest absolute Gasteiger partial charge is 0.472 e. The van der Waals surface area contributed by atoms with Gasteiger partial charge in [-0.05, 0) is 51.0 Å². The van der Waals surface area contributed by atoms with Crippen LogP contribution in [-0.4, -0.2) is 74.3 Å². The van der Waals surface area contributed by atoms with Crippen LogP contribution in [-0.2, 0) is 27.9 Å². The molecule has 0 spiro atoms. The number of phosphoric acid groups is 1. The Morgan fingerprint density at radius 3 is 1.24 bits per heavy atom. The van der Waals surface area contributed by atoms with Gasteiger partial charge in [0.1, 0.15) is 19.3 Å². The maximum absolute atomic E-state index is 13.5. The molecule has 0 saturated heterocycles. The number of hydrogen-bond donors (Lipinski definition) is 2. The summed E-state index contributed by atoms with van der Waals surface area (Å²) in [6, 6.07) is -0.866. The lowest BCUT2D eigenvalue weighted by Crippen LogP contribution is -2.47. The first kappa shape index (κ1) is 72.2. The number of carbonyl (C=O) groups is 2. The van der Waals surface area contributed by atoms with Gasteiger partial charge in [-0.2, -0.15) is 0 Å². The van der Waals surface area contributed by atoms with Gasteiger partial charge in [0.05, 0.1) is 33.8 Å². The Morgan fingerprint density at radius 2 is 0.838 bits per heavy atom. The van der Waals surface area contributed by atoms with Crippen molar-refractivity contribution in [1.29, 1.82) is 0 Å². The van der Waals surface area contributed by atoms with Crippen molar-refractivity contribution in [1.82, 2.24) is 5.32 Å². The molecular weight excluding hydrogens is 940 g/mol. The van der Waals surface area contributed by atoms with Crippen LogP contribution >= 0.6 is 7.82 Å². The number of quaternary nitrogens is 1. The van der Waals surface area contributed by atoms with Gasteiger partial charge in [0.25, 0.3) is 0 Å². The molecule has 9 nitrogen and oxygen atoms in total. The fraction of sp³-hybridized carbons (Fsp3) is 0.875. The molecule has 0 saturated carbocycles. The zero-order valence-corrected chi connectivity index (χ0v) is 50.7. The quantitative estimate of drug-likeness (QED) is 0.0205. The smallest absolute Gasteiger partial charge is 0.456 e. The van der Waals surface area contributed by atoms with Crippen LogP contribution < -0.4 is 5.32 Å². The molecule has 0 aliphatic heterocycles. The molecule has 2 N–H and O–H groups in total. The predicted octanol–water partition coefficient (Wildman–Crippen LogP) is 19.5. The molecule has 0 heterocycles. The zero-order chi connectivity index (χ0) is 54.3. The molecular formula is C64H124N2O7P+. The molecule has 74 heavy (non-hydrogen) atoms. The van der Waals surface area contributed by atoms with E-state index in [0.717, 1.165) is 51.4 Å². The Labute approximate surface area is 459 Å². The maximum atomic E-state index is 13.5. The van der Waals surface area contributed by atoms with E-state index in [-0.39, 0.29) is 31.5 Å². The van der Waals surface area contributed by atoms with Gasteiger partial charge in [-0.25, -0.2) is 4.57 Å². The summed E-state index contributed by atoms with van der Waals surface area (Å²) in [6.45, 7) is 7.00. The molecule has 0 aromatic rings. The van der Waals surface area contributed by atoms with Crippen molar-refractivity contribution in [2.45, 2.75) is 322 Å². The van der Waals surface area contributed by atoms with Crippen LogP contribution in [0.25, 0.3) is 0 Å². The monoisotopic (exact) mass is 1060 g/mol. The number of nitrogens with one attached hydrogen (secondary N) is 1. The van der Waals surface area contributed by atoms with E-state index in [0.29, 0.717) is 23.9 Å². The number of allylic oxidation sites excluding steroid dienone is 5. The molecule has 0 aliphatic carbocycles. The number of amides is 1. The molecule has 0 radical (unpaired) electrons. The van der Waals surface area contributed by atoms with E-state index in [2.05, 4.69) is 44.3 Å². The fourth-order valence-electron chi connectivity index (χ4n) is 9.41. The molecule has 0 aliphatic rings. The van der Waals surface area contributed by atoms with Crippen LogP contribution in [0, 0.1) is 0 Å². The Balaban J connectivity index is 5.14. The summed E-state index contributed by atoms with van der Waals surface area (Å²) >= 11 is 0. The Kier molecular flexibility index (Phi) is 53.3. The van der Waals surface area contributed by atoms with E-state index in [1.807, 2.05) is 39.4 Å². The standard InChI is InChI=1S/C64H123N2O7P/c1-7-10-13-16-19-22-25-28-29-30-31-32-33-34-35-36-37-39-41-44-47-50-53-56-63(67)65-61(60-72-74(69,70)71-59-58-66(4,5)6)62(55-52-49-46-43-40-27-24-21-18-15-12-9-3)73-64(68)57-54-51-48-45-42-38-26-23-20-17-14-11-8-2/h38,42,48,51-52,55,61-62H,7-37,39-41,43-47,49-50,53-54,56-60H2,1-6H3,(H-,65,67,69,70)/p+1/b42-38-,51-48+,55-52-. The molecule has 3 atom stereocenters. The van der Waals surface area contributed by atoms with Gasteiger partial charge in [-0.15, -0.1) is 0 Å². The first-order valence-corrected chi connectivity index (χ1v) is 33.3. The van der Waals surface area contributed by atoms with E-state index in [1.54, 1.807) is 0 Å². The lowest BCUT2D eigenvalue weighted by atomic mass is 10.0. The van der Waals surface area contributed by atoms with Crippen molar-refractivity contribution < 1.29 is 37.3 Å². The third-order valence-electron chi connectivity index (χ3n) is 14.3. The topological polar surface area (TPSA) is 111 Å². The Morgan fingerprint density at radius 1 is 0.473 bits per heavy atom. The normalized spacial score (nSPS) is 13.9. The van der Waals surface area contributed by atoms with E-state index in [4.69, 9.17) is 13.8 Å². The van der Waals surface area contributed by atoms with Crippen LogP contribution in [0.5, 0.6) is 0 Å². The lowest BCUT2D eigenvalue weighted by molar-refractivity contribution is -0.870. The molecule has 0 rings (SSSR count). The lowest BCUT2D eigenvalue weighted by Gasteiger charge is -2.27. The molecule has 0 fully saturated rings. The summed E-state index contributed by atoms with van der Waals surface area (Å²) in [5.41, 5.74) is 0.